The van der Waals surface area contributed by atoms with Gasteiger partial charge in [0.2, 0.25) is 5.89 Å². The van der Waals surface area contributed by atoms with Gasteiger partial charge in [0.15, 0.2) is 5.13 Å². The van der Waals surface area contributed by atoms with Gasteiger partial charge >= 0.3 is 12.1 Å². The summed E-state index contributed by atoms with van der Waals surface area (Å²) in [6, 6.07) is 6.49. The van der Waals surface area contributed by atoms with Gasteiger partial charge in [-0.1, -0.05) is 32.1 Å². The summed E-state index contributed by atoms with van der Waals surface area (Å²) in [6.07, 6.45) is 3.24. The van der Waals surface area contributed by atoms with Crippen molar-refractivity contribution in [3.05, 3.63) is 48.3 Å². The van der Waals surface area contributed by atoms with E-state index in [0.29, 0.717) is 41.3 Å². The van der Waals surface area contributed by atoms with Crippen molar-refractivity contribution in [3.8, 4) is 11.5 Å². The Balaban J connectivity index is 1.43. The van der Waals surface area contributed by atoms with Crippen LogP contribution in [0.3, 0.4) is 0 Å². The molecule has 0 radical (unpaired) electrons. The Hall–Kier alpha value is -3.05. The number of aromatic nitrogens is 2. The summed E-state index contributed by atoms with van der Waals surface area (Å²) < 4.78 is 17.4. The number of carbonyl (C=O) groups excluding carboxylic acids is 1. The largest absolute Gasteiger partial charge is 0.494 e. The maximum Gasteiger partial charge on any atom is 0.418 e. The summed E-state index contributed by atoms with van der Waals surface area (Å²) in [4.78, 5) is 31.1. The number of carbonyl (C=O) groups is 2. The first-order chi connectivity index (χ1) is 15.7. The summed E-state index contributed by atoms with van der Waals surface area (Å²) in [6.45, 7) is 6.50. The van der Waals surface area contributed by atoms with E-state index in [1.165, 1.54) is 23.1 Å². The molecule has 0 aliphatic carbocycles. The average Bonchev–Trinajstić information content (AvgIpc) is 3.40. The fourth-order valence-electron chi connectivity index (χ4n) is 2.48. The van der Waals surface area contributed by atoms with E-state index < -0.39 is 12.1 Å². The maximum absolute atomic E-state index is 12.1. The highest BCUT2D eigenvalue weighted by atomic mass is 32.2. The van der Waals surface area contributed by atoms with Crippen LogP contribution < -0.4 is 14.8 Å². The molecular weight excluding hydrogens is 466 g/mol. The number of anilines is 1. The summed E-state index contributed by atoms with van der Waals surface area (Å²) in [5.74, 6) is 2.09. The number of aliphatic carboxylic acids is 1. The molecule has 1 aromatic carbocycles. The molecule has 33 heavy (non-hydrogen) atoms. The fourth-order valence-corrected chi connectivity index (χ4v) is 4.19. The number of nitrogens with zero attached hydrogens (tertiary/aromatic N) is 2. The number of ether oxygens (including phenoxy) is 2. The highest BCUT2D eigenvalue weighted by Gasteiger charge is 2.19. The van der Waals surface area contributed by atoms with Gasteiger partial charge in [0.25, 0.3) is 0 Å². The van der Waals surface area contributed by atoms with Crippen LogP contribution in [0, 0.1) is 0 Å². The van der Waals surface area contributed by atoms with Gasteiger partial charge in [-0.15, -0.1) is 11.8 Å². The first kappa shape index (κ1) is 24.6. The molecule has 0 spiro atoms. The first-order valence-corrected chi connectivity index (χ1v) is 12.0. The number of hydrogen-bond donors (Lipinski definition) is 2. The summed E-state index contributed by atoms with van der Waals surface area (Å²) in [5.41, 5.74) is -0.0901. The third kappa shape index (κ3) is 8.10. The number of benzene rings is 1. The van der Waals surface area contributed by atoms with Crippen molar-refractivity contribution >= 4 is 40.3 Å². The topological polar surface area (TPSA) is 124 Å². The van der Waals surface area contributed by atoms with Gasteiger partial charge in [-0.05, 0) is 30.7 Å². The van der Waals surface area contributed by atoms with Crippen LogP contribution in [0.15, 0.2) is 45.3 Å². The lowest BCUT2D eigenvalue weighted by Gasteiger charge is -2.12. The molecule has 176 valence electrons. The molecule has 0 bridgehead atoms. The van der Waals surface area contributed by atoms with Crippen molar-refractivity contribution in [3.63, 3.8) is 0 Å². The van der Waals surface area contributed by atoms with E-state index in [9.17, 15) is 9.59 Å². The molecule has 0 aliphatic heterocycles. The van der Waals surface area contributed by atoms with Crippen LogP contribution in [0.4, 0.5) is 9.93 Å². The average molecular weight is 492 g/mol. The van der Waals surface area contributed by atoms with E-state index in [1.807, 2.05) is 0 Å². The van der Waals surface area contributed by atoms with Crippen LogP contribution in [0.25, 0.3) is 0 Å². The van der Waals surface area contributed by atoms with Gasteiger partial charge in [0.05, 0.1) is 29.0 Å². The monoisotopic (exact) mass is 491 g/mol. The van der Waals surface area contributed by atoms with Crippen LogP contribution in [0.2, 0.25) is 0 Å². The molecule has 1 amide bonds. The number of oxazole rings is 1. The van der Waals surface area contributed by atoms with E-state index in [4.69, 9.17) is 19.0 Å². The van der Waals surface area contributed by atoms with E-state index >= 15 is 0 Å². The van der Waals surface area contributed by atoms with Crippen LogP contribution in [0.1, 0.15) is 45.3 Å². The lowest BCUT2D eigenvalue weighted by Crippen LogP contribution is -2.16. The van der Waals surface area contributed by atoms with Gasteiger partial charge in [-0.2, -0.15) is 0 Å². The molecule has 3 rings (SSSR count). The summed E-state index contributed by atoms with van der Waals surface area (Å²) in [5, 5.41) is 11.6. The highest BCUT2D eigenvalue weighted by molar-refractivity contribution is 8.00. The minimum Gasteiger partial charge on any atom is -0.494 e. The predicted octanol–water partition coefficient (Wildman–Crippen LogP) is 5.58. The Morgan fingerprint density at radius 3 is 2.55 bits per heavy atom. The van der Waals surface area contributed by atoms with Crippen LogP contribution in [-0.4, -0.2) is 33.7 Å². The summed E-state index contributed by atoms with van der Waals surface area (Å²) >= 11 is 2.85. The second-order valence-corrected chi connectivity index (χ2v) is 10.3. The molecule has 0 saturated heterocycles. The predicted molar refractivity (Wildman–Crippen MR) is 125 cm³/mol. The number of thioether (sulfide) groups is 1. The zero-order chi connectivity index (χ0) is 23.8. The Morgan fingerprint density at radius 2 is 1.88 bits per heavy atom. The molecule has 2 N–H and O–H groups in total. The van der Waals surface area contributed by atoms with Gasteiger partial charge in [-0.3, -0.25) is 10.1 Å². The molecular formula is C22H25N3O6S2. The normalized spacial score (nSPS) is 11.2. The van der Waals surface area contributed by atoms with Crippen molar-refractivity contribution < 1.29 is 28.6 Å². The zero-order valence-corrected chi connectivity index (χ0v) is 20.1. The van der Waals surface area contributed by atoms with Crippen molar-refractivity contribution in [2.45, 2.75) is 49.0 Å². The molecule has 0 fully saturated rings. The molecule has 11 heteroatoms. The SMILES string of the molecule is CC(C)(C)c1cnc(CSc2cnc(NC(=O)Oc3ccc(OCCCC(=O)O)cc3)s2)o1. The van der Waals surface area contributed by atoms with E-state index in [1.54, 1.807) is 36.7 Å². The molecule has 3 aromatic rings. The second-order valence-electron chi connectivity index (χ2n) is 7.97. The summed E-state index contributed by atoms with van der Waals surface area (Å²) in [7, 11) is 0. The third-order valence-corrected chi connectivity index (χ3v) is 6.25. The minimum atomic E-state index is -0.858. The van der Waals surface area contributed by atoms with Gasteiger partial charge in [-0.25, -0.2) is 14.8 Å². The van der Waals surface area contributed by atoms with E-state index in [2.05, 4.69) is 36.1 Å². The van der Waals surface area contributed by atoms with Crippen molar-refractivity contribution in [2.75, 3.05) is 11.9 Å². The second kappa shape index (κ2) is 11.2. The number of hydrogen-bond acceptors (Lipinski definition) is 9. The number of nitrogens with one attached hydrogen (secondary N) is 1. The number of rotatable bonds is 10. The number of amides is 1. The Labute approximate surface area is 199 Å². The van der Waals surface area contributed by atoms with Crippen molar-refractivity contribution in [1.82, 2.24) is 9.97 Å². The van der Waals surface area contributed by atoms with E-state index in [-0.39, 0.29) is 11.8 Å². The highest BCUT2D eigenvalue weighted by Crippen LogP contribution is 2.32. The first-order valence-electron chi connectivity index (χ1n) is 10.2. The molecule has 0 saturated carbocycles. The van der Waals surface area contributed by atoms with Gasteiger partial charge in [0.1, 0.15) is 17.3 Å². The van der Waals surface area contributed by atoms with E-state index in [0.717, 1.165) is 9.97 Å². The van der Waals surface area contributed by atoms with Crippen LogP contribution >= 0.6 is 23.1 Å². The minimum absolute atomic E-state index is 0.0518. The lowest BCUT2D eigenvalue weighted by molar-refractivity contribution is -0.137. The Morgan fingerprint density at radius 1 is 1.15 bits per heavy atom. The standard InChI is InChI=1S/C22H25N3O6S2/c1-22(2,3)16-11-23-17(31-16)13-32-19-12-24-20(33-19)25-21(28)30-15-8-6-14(7-9-15)29-10-4-5-18(26)27/h6-9,11-12H,4-5,10,13H2,1-3H3,(H,26,27)(H,24,25,28). The quantitative estimate of drug-likeness (QED) is 0.276. The molecule has 0 atom stereocenters. The van der Waals surface area contributed by atoms with Crippen molar-refractivity contribution in [1.29, 1.82) is 0 Å². The number of thiazole rings is 1. The zero-order valence-electron chi connectivity index (χ0n) is 18.5. The molecule has 9 nitrogen and oxygen atoms in total. The Bertz CT molecular complexity index is 1070. The lowest BCUT2D eigenvalue weighted by atomic mass is 9.94. The van der Waals surface area contributed by atoms with Gasteiger partial charge < -0.3 is 19.0 Å². The third-order valence-electron chi connectivity index (χ3n) is 4.16. The number of carboxylic acid groups (broad SMARTS) is 1. The molecule has 2 aromatic heterocycles. The Kier molecular flexibility index (Phi) is 8.34. The number of carboxylic acids is 1. The fraction of sp³-hybridized carbons (Fsp3) is 0.364. The molecule has 0 unspecified atom stereocenters. The van der Waals surface area contributed by atoms with Crippen molar-refractivity contribution in [2.24, 2.45) is 0 Å². The van der Waals surface area contributed by atoms with Crippen LogP contribution in [-0.2, 0) is 16.0 Å². The van der Waals surface area contributed by atoms with Gasteiger partial charge in [0, 0.05) is 11.8 Å². The van der Waals surface area contributed by atoms with Crippen LogP contribution in [0.5, 0.6) is 11.5 Å². The molecule has 2 heterocycles. The maximum atomic E-state index is 12.1. The smallest absolute Gasteiger partial charge is 0.418 e. The molecule has 0 aliphatic rings.